The van der Waals surface area contributed by atoms with Crippen molar-refractivity contribution in [2.75, 3.05) is 13.1 Å². The molecule has 3 N–H and O–H groups in total. The molecule has 120 valence electrons. The van der Waals surface area contributed by atoms with Crippen LogP contribution >= 0.6 is 0 Å². The van der Waals surface area contributed by atoms with Crippen LogP contribution < -0.4 is 5.73 Å². The van der Waals surface area contributed by atoms with Gasteiger partial charge in [-0.3, -0.25) is 9.59 Å². The summed E-state index contributed by atoms with van der Waals surface area (Å²) in [5.41, 5.74) is 5.54. The lowest BCUT2D eigenvalue weighted by atomic mass is 9.76. The van der Waals surface area contributed by atoms with Crippen LogP contribution in [0.2, 0.25) is 0 Å². The first-order chi connectivity index (χ1) is 10.00. The van der Waals surface area contributed by atoms with Gasteiger partial charge < -0.3 is 15.7 Å². The molecular formula is C16H28N2O3. The van der Waals surface area contributed by atoms with Gasteiger partial charge in [0.25, 0.3) is 0 Å². The first-order valence-electron chi connectivity index (χ1n) is 8.28. The smallest absolute Gasteiger partial charge is 0.309 e. The molecule has 21 heavy (non-hydrogen) atoms. The molecule has 1 saturated carbocycles. The first-order valence-corrected chi connectivity index (χ1v) is 8.28. The summed E-state index contributed by atoms with van der Waals surface area (Å²) < 4.78 is 0. The number of hydrogen-bond donors (Lipinski definition) is 2. The highest BCUT2D eigenvalue weighted by Gasteiger charge is 2.42. The third-order valence-electron chi connectivity index (χ3n) is 5.55. The second kappa shape index (κ2) is 6.77. The summed E-state index contributed by atoms with van der Waals surface area (Å²) in [5, 5.41) is 9.42. The van der Waals surface area contributed by atoms with E-state index >= 15 is 0 Å². The Bertz CT molecular complexity index is 389. The number of carbonyl (C=O) groups is 2. The molecule has 0 radical (unpaired) electrons. The average Bonchev–Trinajstić information content (AvgIpc) is 2.71. The van der Waals surface area contributed by atoms with Crippen molar-refractivity contribution in [2.24, 2.45) is 17.1 Å². The fraction of sp³-hybridized carbons (Fsp3) is 0.875. The van der Waals surface area contributed by atoms with E-state index in [0.29, 0.717) is 32.4 Å². The van der Waals surface area contributed by atoms with Crippen LogP contribution in [0.25, 0.3) is 0 Å². The van der Waals surface area contributed by atoms with Gasteiger partial charge >= 0.3 is 5.97 Å². The average molecular weight is 296 g/mol. The molecule has 0 bridgehead atoms. The molecule has 2 atom stereocenters. The fourth-order valence-electron chi connectivity index (χ4n) is 3.75. The second-order valence-electron chi connectivity index (χ2n) is 6.67. The van der Waals surface area contributed by atoms with Crippen molar-refractivity contribution in [3.8, 4) is 0 Å². The van der Waals surface area contributed by atoms with Gasteiger partial charge in [-0.25, -0.2) is 0 Å². The third kappa shape index (κ3) is 3.39. The number of nitrogens with zero attached hydrogens (tertiary/aromatic N) is 1. The molecule has 2 unspecified atom stereocenters. The lowest BCUT2D eigenvalue weighted by Gasteiger charge is -2.40. The molecule has 1 aliphatic heterocycles. The summed E-state index contributed by atoms with van der Waals surface area (Å²) in [7, 11) is 0. The summed E-state index contributed by atoms with van der Waals surface area (Å²) in [5.74, 6) is -0.630. The molecular weight excluding hydrogens is 268 g/mol. The van der Waals surface area contributed by atoms with E-state index in [2.05, 4.69) is 0 Å². The van der Waals surface area contributed by atoms with Crippen molar-refractivity contribution in [3.05, 3.63) is 0 Å². The second-order valence-corrected chi connectivity index (χ2v) is 6.67. The Morgan fingerprint density at radius 2 is 1.81 bits per heavy atom. The van der Waals surface area contributed by atoms with Crippen LogP contribution in [0, 0.1) is 11.3 Å². The standard InChI is InChI=1S/C16H28N2O3/c1-2-16(15(20)21)8-10-18(11-9-16)14(19)12-6-4-3-5-7-13(12)17/h12-13H,2-11,17H2,1H3,(H,20,21). The van der Waals surface area contributed by atoms with E-state index in [0.717, 1.165) is 32.1 Å². The van der Waals surface area contributed by atoms with Crippen LogP contribution in [0.15, 0.2) is 0 Å². The minimum Gasteiger partial charge on any atom is -0.481 e. The summed E-state index contributed by atoms with van der Waals surface area (Å²) in [6.45, 7) is 3.04. The minimum atomic E-state index is -0.719. The summed E-state index contributed by atoms with van der Waals surface area (Å²) >= 11 is 0. The van der Waals surface area contributed by atoms with Crippen molar-refractivity contribution in [3.63, 3.8) is 0 Å². The van der Waals surface area contributed by atoms with Crippen LogP contribution in [0.3, 0.4) is 0 Å². The van der Waals surface area contributed by atoms with Gasteiger partial charge in [-0.1, -0.05) is 26.2 Å². The van der Waals surface area contributed by atoms with Crippen LogP contribution in [0.1, 0.15) is 58.3 Å². The van der Waals surface area contributed by atoms with Crippen molar-refractivity contribution in [1.82, 2.24) is 4.90 Å². The van der Waals surface area contributed by atoms with Gasteiger partial charge in [0.1, 0.15) is 0 Å². The maximum absolute atomic E-state index is 12.7. The van der Waals surface area contributed by atoms with E-state index in [-0.39, 0.29) is 17.9 Å². The molecule has 1 amide bonds. The van der Waals surface area contributed by atoms with E-state index in [1.54, 1.807) is 0 Å². The number of nitrogens with two attached hydrogens (primary N) is 1. The van der Waals surface area contributed by atoms with Crippen molar-refractivity contribution in [1.29, 1.82) is 0 Å². The number of aliphatic carboxylic acids is 1. The van der Waals surface area contributed by atoms with E-state index in [1.807, 2.05) is 11.8 Å². The molecule has 2 fully saturated rings. The van der Waals surface area contributed by atoms with Gasteiger partial charge in [0.2, 0.25) is 5.91 Å². The van der Waals surface area contributed by atoms with Gasteiger partial charge in [-0.15, -0.1) is 0 Å². The fourth-order valence-corrected chi connectivity index (χ4v) is 3.75. The predicted molar refractivity (Wildman–Crippen MR) is 80.7 cm³/mol. The van der Waals surface area contributed by atoms with E-state index in [1.165, 1.54) is 0 Å². The van der Waals surface area contributed by atoms with Crippen molar-refractivity contribution in [2.45, 2.75) is 64.3 Å². The Labute approximate surface area is 126 Å². The molecule has 1 saturated heterocycles. The quantitative estimate of drug-likeness (QED) is 0.780. The number of piperidine rings is 1. The third-order valence-corrected chi connectivity index (χ3v) is 5.55. The van der Waals surface area contributed by atoms with Gasteiger partial charge in [-0.2, -0.15) is 0 Å². The zero-order valence-electron chi connectivity index (χ0n) is 13.0. The Morgan fingerprint density at radius 3 is 2.38 bits per heavy atom. The molecule has 2 rings (SSSR count). The van der Waals surface area contributed by atoms with Crippen molar-refractivity contribution >= 4 is 11.9 Å². The minimum absolute atomic E-state index is 0.0302. The first kappa shape index (κ1) is 16.3. The number of carboxylic acids is 1. The predicted octanol–water partition coefficient (Wildman–Crippen LogP) is 2.00. The summed E-state index contributed by atoms with van der Waals surface area (Å²) in [6.07, 6.45) is 6.92. The highest BCUT2D eigenvalue weighted by molar-refractivity contribution is 5.80. The molecule has 0 aromatic rings. The molecule has 5 nitrogen and oxygen atoms in total. The van der Waals surface area contributed by atoms with Crippen LogP contribution in [0.5, 0.6) is 0 Å². The number of hydrogen-bond acceptors (Lipinski definition) is 3. The molecule has 0 aromatic carbocycles. The van der Waals surface area contributed by atoms with E-state index < -0.39 is 11.4 Å². The van der Waals surface area contributed by atoms with Crippen LogP contribution in [0.4, 0.5) is 0 Å². The lowest BCUT2D eigenvalue weighted by molar-refractivity contribution is -0.155. The number of likely N-dealkylation sites (tertiary alicyclic amines) is 1. The van der Waals surface area contributed by atoms with E-state index in [4.69, 9.17) is 5.73 Å². The number of carbonyl (C=O) groups excluding carboxylic acids is 1. The zero-order chi connectivity index (χ0) is 15.5. The van der Waals surface area contributed by atoms with Crippen LogP contribution in [-0.4, -0.2) is 41.0 Å². The van der Waals surface area contributed by atoms with Gasteiger partial charge in [-0.05, 0) is 32.1 Å². The van der Waals surface area contributed by atoms with E-state index in [9.17, 15) is 14.7 Å². The Morgan fingerprint density at radius 1 is 1.19 bits per heavy atom. The highest BCUT2D eigenvalue weighted by atomic mass is 16.4. The normalized spacial score (nSPS) is 29.7. The van der Waals surface area contributed by atoms with Gasteiger partial charge in [0.15, 0.2) is 0 Å². The van der Waals surface area contributed by atoms with Gasteiger partial charge in [0.05, 0.1) is 11.3 Å². The number of amides is 1. The zero-order valence-corrected chi connectivity index (χ0v) is 13.0. The number of carboxylic acid groups (broad SMARTS) is 1. The molecule has 0 aromatic heterocycles. The molecule has 1 heterocycles. The lowest BCUT2D eigenvalue weighted by Crippen LogP contribution is -2.50. The molecule has 5 heteroatoms. The summed E-state index contributed by atoms with van der Waals surface area (Å²) in [6, 6.07) is -0.0302. The molecule has 1 aliphatic carbocycles. The van der Waals surface area contributed by atoms with Crippen molar-refractivity contribution < 1.29 is 14.7 Å². The molecule has 0 spiro atoms. The Balaban J connectivity index is 1.97. The maximum Gasteiger partial charge on any atom is 0.309 e. The number of rotatable bonds is 3. The molecule has 2 aliphatic rings. The summed E-state index contributed by atoms with van der Waals surface area (Å²) in [4.78, 5) is 26.0. The monoisotopic (exact) mass is 296 g/mol. The highest BCUT2D eigenvalue weighted by Crippen LogP contribution is 2.36. The maximum atomic E-state index is 12.7. The SMILES string of the molecule is CCC1(C(=O)O)CCN(C(=O)C2CCCCCC2N)CC1. The van der Waals surface area contributed by atoms with Crippen LogP contribution in [-0.2, 0) is 9.59 Å². The Hall–Kier alpha value is -1.10. The largest absolute Gasteiger partial charge is 0.481 e. The van der Waals surface area contributed by atoms with Gasteiger partial charge in [0, 0.05) is 19.1 Å². The Kier molecular flexibility index (Phi) is 5.25. The topological polar surface area (TPSA) is 83.6 Å².